The Labute approximate surface area is 167 Å². The highest BCUT2D eigenvalue weighted by Gasteiger charge is 2.17. The highest BCUT2D eigenvalue weighted by atomic mass is 19.1. The van der Waals surface area contributed by atoms with Gasteiger partial charge in [-0.3, -0.25) is 19.5 Å². The number of hydrogen-bond donors (Lipinski definition) is 1. The molecule has 0 bridgehead atoms. The van der Waals surface area contributed by atoms with Crippen molar-refractivity contribution in [3.63, 3.8) is 0 Å². The minimum absolute atomic E-state index is 0.236. The van der Waals surface area contributed by atoms with Gasteiger partial charge in [-0.1, -0.05) is 38.1 Å². The number of hydrogen-bond acceptors (Lipinski definition) is 3. The van der Waals surface area contributed by atoms with Crippen LogP contribution in [0.15, 0.2) is 58.1 Å². The maximum atomic E-state index is 13.1. The van der Waals surface area contributed by atoms with E-state index in [-0.39, 0.29) is 29.6 Å². The van der Waals surface area contributed by atoms with Crippen LogP contribution in [0.2, 0.25) is 0 Å². The fourth-order valence-electron chi connectivity index (χ4n) is 3.27. The third kappa shape index (κ3) is 4.99. The standard InChI is InChI=1S/C22H24FN3O3/c1-15(2)13-25(12-11-16-7-9-17(23)10-8-16)20(27)14-26-22(29)19-6-4-3-5-18(19)21(28)24-26/h3-10,15H,11-14H2,1-2H3,(H,24,28). The van der Waals surface area contributed by atoms with Crippen LogP contribution in [0, 0.1) is 11.7 Å². The third-order valence-electron chi connectivity index (χ3n) is 4.70. The summed E-state index contributed by atoms with van der Waals surface area (Å²) in [7, 11) is 0. The number of rotatable bonds is 7. The van der Waals surface area contributed by atoms with E-state index >= 15 is 0 Å². The third-order valence-corrected chi connectivity index (χ3v) is 4.70. The fraction of sp³-hybridized carbons (Fsp3) is 0.318. The summed E-state index contributed by atoms with van der Waals surface area (Å²) in [5.41, 5.74) is 0.107. The van der Waals surface area contributed by atoms with Crippen LogP contribution < -0.4 is 11.1 Å². The molecule has 0 spiro atoms. The fourth-order valence-corrected chi connectivity index (χ4v) is 3.27. The zero-order chi connectivity index (χ0) is 21.0. The Bertz CT molecular complexity index is 1120. The Hall–Kier alpha value is -3.22. The second kappa shape index (κ2) is 8.86. The summed E-state index contributed by atoms with van der Waals surface area (Å²) in [5.74, 6) is -0.322. The number of carbonyl (C=O) groups excluding carboxylic acids is 1. The van der Waals surface area contributed by atoms with E-state index in [0.717, 1.165) is 10.2 Å². The molecule has 0 aliphatic rings. The van der Waals surface area contributed by atoms with Gasteiger partial charge < -0.3 is 4.90 Å². The van der Waals surface area contributed by atoms with Gasteiger partial charge in [0.15, 0.2) is 0 Å². The van der Waals surface area contributed by atoms with Gasteiger partial charge in [-0.15, -0.1) is 0 Å². The molecule has 7 heteroatoms. The summed E-state index contributed by atoms with van der Waals surface area (Å²) in [5, 5.41) is 3.08. The summed E-state index contributed by atoms with van der Waals surface area (Å²) < 4.78 is 14.2. The Kier molecular flexibility index (Phi) is 6.26. The van der Waals surface area contributed by atoms with Crippen LogP contribution in [0.5, 0.6) is 0 Å². The molecular formula is C22H24FN3O3. The average Bonchev–Trinajstić information content (AvgIpc) is 2.70. The first kappa shape index (κ1) is 20.5. The number of halogens is 1. The SMILES string of the molecule is CC(C)CN(CCc1ccc(F)cc1)C(=O)Cn1[nH]c(=O)c2ccccc2c1=O. The Morgan fingerprint density at radius 3 is 2.38 bits per heavy atom. The first-order valence-electron chi connectivity index (χ1n) is 9.59. The molecule has 1 aromatic heterocycles. The summed E-state index contributed by atoms with van der Waals surface area (Å²) >= 11 is 0. The maximum absolute atomic E-state index is 13.1. The number of H-pyrrole nitrogens is 1. The van der Waals surface area contributed by atoms with Crippen molar-refractivity contribution < 1.29 is 9.18 Å². The van der Waals surface area contributed by atoms with Gasteiger partial charge in [-0.2, -0.15) is 0 Å². The number of aromatic amines is 1. The Morgan fingerprint density at radius 2 is 1.72 bits per heavy atom. The van der Waals surface area contributed by atoms with E-state index in [2.05, 4.69) is 5.10 Å². The maximum Gasteiger partial charge on any atom is 0.273 e. The highest BCUT2D eigenvalue weighted by Crippen LogP contribution is 2.08. The molecule has 2 aromatic carbocycles. The van der Waals surface area contributed by atoms with Crippen LogP contribution >= 0.6 is 0 Å². The van der Waals surface area contributed by atoms with Gasteiger partial charge in [0.1, 0.15) is 12.4 Å². The lowest BCUT2D eigenvalue weighted by Gasteiger charge is -2.25. The van der Waals surface area contributed by atoms with Crippen molar-refractivity contribution in [2.45, 2.75) is 26.8 Å². The predicted octanol–water partition coefficient (Wildman–Crippen LogP) is 2.56. The van der Waals surface area contributed by atoms with Crippen LogP contribution in [0.3, 0.4) is 0 Å². The topological polar surface area (TPSA) is 75.2 Å². The lowest BCUT2D eigenvalue weighted by atomic mass is 10.1. The molecule has 0 saturated carbocycles. The van der Waals surface area contributed by atoms with Crippen molar-refractivity contribution in [3.8, 4) is 0 Å². The first-order valence-corrected chi connectivity index (χ1v) is 9.59. The van der Waals surface area contributed by atoms with Gasteiger partial charge in [0, 0.05) is 13.1 Å². The van der Waals surface area contributed by atoms with Gasteiger partial charge in [0.25, 0.3) is 11.1 Å². The lowest BCUT2D eigenvalue weighted by Crippen LogP contribution is -2.41. The molecule has 0 fully saturated rings. The van der Waals surface area contributed by atoms with Crippen LogP contribution in [0.1, 0.15) is 19.4 Å². The number of fused-ring (bicyclic) bond motifs is 1. The Balaban J connectivity index is 1.80. The lowest BCUT2D eigenvalue weighted by molar-refractivity contribution is -0.132. The molecule has 3 aromatic rings. The second-order valence-electron chi connectivity index (χ2n) is 7.49. The molecule has 6 nitrogen and oxygen atoms in total. The molecule has 0 aliphatic heterocycles. The Morgan fingerprint density at radius 1 is 1.07 bits per heavy atom. The number of carbonyl (C=O) groups is 1. The van der Waals surface area contributed by atoms with Crippen LogP contribution in [-0.2, 0) is 17.8 Å². The van der Waals surface area contributed by atoms with Gasteiger partial charge >= 0.3 is 0 Å². The molecule has 152 valence electrons. The van der Waals surface area contributed by atoms with E-state index in [4.69, 9.17) is 0 Å². The number of nitrogens with zero attached hydrogens (tertiary/aromatic N) is 2. The van der Waals surface area contributed by atoms with Crippen molar-refractivity contribution in [1.29, 1.82) is 0 Å². The summed E-state index contributed by atoms with van der Waals surface area (Å²) in [6.07, 6.45) is 0.571. The van der Waals surface area contributed by atoms with Crippen molar-refractivity contribution in [2.24, 2.45) is 5.92 Å². The molecule has 1 amide bonds. The summed E-state index contributed by atoms with van der Waals surface area (Å²) in [4.78, 5) is 39.5. The van der Waals surface area contributed by atoms with E-state index in [1.165, 1.54) is 12.1 Å². The first-order chi connectivity index (χ1) is 13.8. The largest absolute Gasteiger partial charge is 0.341 e. The van der Waals surface area contributed by atoms with Crippen molar-refractivity contribution in [2.75, 3.05) is 13.1 Å². The quantitative estimate of drug-likeness (QED) is 0.666. The normalized spacial score (nSPS) is 11.2. The molecular weight excluding hydrogens is 373 g/mol. The van der Waals surface area contributed by atoms with E-state index in [1.807, 2.05) is 13.8 Å². The molecule has 0 aliphatic carbocycles. The van der Waals surface area contributed by atoms with Gasteiger partial charge in [-0.05, 0) is 42.2 Å². The van der Waals surface area contributed by atoms with E-state index in [9.17, 15) is 18.8 Å². The van der Waals surface area contributed by atoms with E-state index in [1.54, 1.807) is 41.3 Å². The minimum atomic E-state index is -0.408. The minimum Gasteiger partial charge on any atom is -0.341 e. The molecule has 0 atom stereocenters. The second-order valence-corrected chi connectivity index (χ2v) is 7.49. The molecule has 29 heavy (non-hydrogen) atoms. The molecule has 3 rings (SSSR count). The number of benzene rings is 2. The van der Waals surface area contributed by atoms with Crippen LogP contribution in [0.25, 0.3) is 10.8 Å². The van der Waals surface area contributed by atoms with Gasteiger partial charge in [0.05, 0.1) is 10.8 Å². The number of nitrogens with one attached hydrogen (secondary N) is 1. The van der Waals surface area contributed by atoms with Crippen LogP contribution in [0.4, 0.5) is 4.39 Å². The van der Waals surface area contributed by atoms with Gasteiger partial charge in [0.2, 0.25) is 5.91 Å². The molecule has 1 heterocycles. The van der Waals surface area contributed by atoms with Crippen LogP contribution in [-0.4, -0.2) is 33.7 Å². The number of aromatic nitrogens is 2. The predicted molar refractivity (Wildman–Crippen MR) is 110 cm³/mol. The average molecular weight is 397 g/mol. The van der Waals surface area contributed by atoms with E-state index in [0.29, 0.717) is 24.9 Å². The zero-order valence-corrected chi connectivity index (χ0v) is 16.5. The molecule has 0 radical (unpaired) electrons. The zero-order valence-electron chi connectivity index (χ0n) is 16.5. The smallest absolute Gasteiger partial charge is 0.273 e. The highest BCUT2D eigenvalue weighted by molar-refractivity contribution is 5.81. The molecule has 0 unspecified atom stereocenters. The van der Waals surface area contributed by atoms with Crippen molar-refractivity contribution in [3.05, 3.63) is 80.6 Å². The molecule has 0 saturated heterocycles. The van der Waals surface area contributed by atoms with Crippen molar-refractivity contribution in [1.82, 2.24) is 14.7 Å². The van der Waals surface area contributed by atoms with Crippen molar-refractivity contribution >= 4 is 16.7 Å². The van der Waals surface area contributed by atoms with Gasteiger partial charge in [-0.25, -0.2) is 9.07 Å². The number of amides is 1. The summed E-state index contributed by atoms with van der Waals surface area (Å²) in [6, 6.07) is 12.7. The molecule has 1 N–H and O–H groups in total. The summed E-state index contributed by atoms with van der Waals surface area (Å²) in [6.45, 7) is 4.72. The van der Waals surface area contributed by atoms with E-state index < -0.39 is 11.1 Å². The monoisotopic (exact) mass is 397 g/mol.